The van der Waals surface area contributed by atoms with Gasteiger partial charge in [-0.1, -0.05) is 18.6 Å². The molecule has 1 aromatic carbocycles. The van der Waals surface area contributed by atoms with Crippen LogP contribution in [0, 0.1) is 0 Å². The fraction of sp³-hybridized carbons (Fsp3) is 0.696. The lowest BCUT2D eigenvalue weighted by atomic mass is 10.1. The average molecular weight is 418 g/mol. The summed E-state index contributed by atoms with van der Waals surface area (Å²) in [6, 6.07) is 8.27. The van der Waals surface area contributed by atoms with Crippen molar-refractivity contribution < 1.29 is 9.47 Å². The van der Waals surface area contributed by atoms with Crippen LogP contribution in [0.3, 0.4) is 0 Å². The van der Waals surface area contributed by atoms with Crippen LogP contribution in [0.5, 0.6) is 5.75 Å². The topological polar surface area (TPSA) is 61.4 Å². The summed E-state index contributed by atoms with van der Waals surface area (Å²) in [5.74, 6) is 1.80. The van der Waals surface area contributed by atoms with Crippen LogP contribution in [0.15, 0.2) is 29.3 Å². The van der Waals surface area contributed by atoms with Crippen LogP contribution in [0.25, 0.3) is 0 Å². The highest BCUT2D eigenvalue weighted by atomic mass is 16.5. The minimum absolute atomic E-state index is 0.639. The van der Waals surface area contributed by atoms with E-state index in [-0.39, 0.29) is 0 Å². The van der Waals surface area contributed by atoms with E-state index in [0.29, 0.717) is 13.2 Å². The second-order valence-corrected chi connectivity index (χ2v) is 7.97. The van der Waals surface area contributed by atoms with Crippen molar-refractivity contribution in [3.63, 3.8) is 0 Å². The third-order valence-corrected chi connectivity index (χ3v) is 5.61. The molecule has 3 rings (SSSR count). The summed E-state index contributed by atoms with van der Waals surface area (Å²) in [7, 11) is 0. The highest BCUT2D eigenvalue weighted by Crippen LogP contribution is 2.14. The molecule has 2 fully saturated rings. The van der Waals surface area contributed by atoms with E-state index in [2.05, 4.69) is 39.5 Å². The standard InChI is InChI=1S/C23H39N5O2/c1-2-24-23(25-9-12-27-10-4-3-5-11-27)26-20-21-7-6-8-22(19-21)30-18-15-28-13-16-29-17-14-28/h6-8,19H,2-5,9-18,20H2,1H3,(H2,24,25,26). The van der Waals surface area contributed by atoms with Gasteiger partial charge in [-0.3, -0.25) is 4.90 Å². The summed E-state index contributed by atoms with van der Waals surface area (Å²) in [6.45, 7) is 13.4. The van der Waals surface area contributed by atoms with Gasteiger partial charge in [0.2, 0.25) is 0 Å². The maximum atomic E-state index is 5.97. The molecular formula is C23H39N5O2. The summed E-state index contributed by atoms with van der Waals surface area (Å²) in [4.78, 5) is 9.68. The largest absolute Gasteiger partial charge is 0.492 e. The summed E-state index contributed by atoms with van der Waals surface area (Å²) in [6.07, 6.45) is 4.04. The van der Waals surface area contributed by atoms with Crippen molar-refractivity contribution >= 4 is 5.96 Å². The number of piperidine rings is 1. The van der Waals surface area contributed by atoms with Crippen LogP contribution in [-0.4, -0.2) is 87.9 Å². The first-order chi connectivity index (χ1) is 14.8. The SMILES string of the molecule is CCNC(=NCc1cccc(OCCN2CCOCC2)c1)NCCN1CCCCC1. The maximum absolute atomic E-state index is 5.97. The molecule has 30 heavy (non-hydrogen) atoms. The molecule has 0 unspecified atom stereocenters. The summed E-state index contributed by atoms with van der Waals surface area (Å²) >= 11 is 0. The number of morpholine rings is 1. The molecule has 7 nitrogen and oxygen atoms in total. The van der Waals surface area contributed by atoms with Crippen molar-refractivity contribution in [1.82, 2.24) is 20.4 Å². The first-order valence-corrected chi connectivity index (χ1v) is 11.6. The average Bonchev–Trinajstić information content (AvgIpc) is 2.79. The highest BCUT2D eigenvalue weighted by Gasteiger charge is 2.10. The van der Waals surface area contributed by atoms with Gasteiger partial charge in [-0.15, -0.1) is 0 Å². The van der Waals surface area contributed by atoms with E-state index >= 15 is 0 Å². The smallest absolute Gasteiger partial charge is 0.191 e. The number of nitrogens with one attached hydrogen (secondary N) is 2. The second kappa shape index (κ2) is 13.5. The number of benzene rings is 1. The molecule has 1 aromatic rings. The van der Waals surface area contributed by atoms with Crippen LogP contribution in [0.4, 0.5) is 0 Å². The molecule has 2 N–H and O–H groups in total. The van der Waals surface area contributed by atoms with Crippen molar-refractivity contribution in [2.24, 2.45) is 4.99 Å². The van der Waals surface area contributed by atoms with Crippen molar-refractivity contribution in [1.29, 1.82) is 0 Å². The van der Waals surface area contributed by atoms with E-state index < -0.39 is 0 Å². The third-order valence-electron chi connectivity index (χ3n) is 5.61. The van der Waals surface area contributed by atoms with Crippen LogP contribution < -0.4 is 15.4 Å². The van der Waals surface area contributed by atoms with Crippen LogP contribution in [0.1, 0.15) is 31.7 Å². The number of guanidine groups is 1. The molecule has 2 aliphatic rings. The summed E-state index contributed by atoms with van der Waals surface area (Å²) in [5.41, 5.74) is 1.16. The van der Waals surface area contributed by atoms with Gasteiger partial charge in [0.05, 0.1) is 19.8 Å². The Labute approximate surface area is 181 Å². The Morgan fingerprint density at radius 1 is 1.03 bits per heavy atom. The number of hydrogen-bond acceptors (Lipinski definition) is 5. The van der Waals surface area contributed by atoms with Gasteiger partial charge in [0, 0.05) is 39.3 Å². The van der Waals surface area contributed by atoms with Gasteiger partial charge in [-0.05, 0) is 50.6 Å². The van der Waals surface area contributed by atoms with Gasteiger partial charge in [0.25, 0.3) is 0 Å². The molecule has 0 aromatic heterocycles. The van der Waals surface area contributed by atoms with Crippen molar-refractivity contribution in [2.45, 2.75) is 32.7 Å². The third kappa shape index (κ3) is 8.50. The Hall–Kier alpha value is -1.83. The zero-order chi connectivity index (χ0) is 20.9. The molecular weight excluding hydrogens is 378 g/mol. The Balaban J connectivity index is 1.41. The van der Waals surface area contributed by atoms with Gasteiger partial charge >= 0.3 is 0 Å². The van der Waals surface area contributed by atoms with E-state index in [4.69, 9.17) is 14.5 Å². The van der Waals surface area contributed by atoms with Crippen LogP contribution >= 0.6 is 0 Å². The van der Waals surface area contributed by atoms with Gasteiger partial charge < -0.3 is 25.0 Å². The molecule has 168 valence electrons. The molecule has 0 aliphatic carbocycles. The fourth-order valence-corrected chi connectivity index (χ4v) is 3.88. The predicted octanol–water partition coefficient (Wildman–Crippen LogP) is 1.94. The van der Waals surface area contributed by atoms with Crippen molar-refractivity contribution in [3.05, 3.63) is 29.8 Å². The minimum atomic E-state index is 0.639. The first kappa shape index (κ1) is 22.8. The Bertz CT molecular complexity index is 628. The van der Waals surface area contributed by atoms with E-state index in [0.717, 1.165) is 69.8 Å². The molecule has 2 aliphatic heterocycles. The number of aliphatic imine (C=N–C) groups is 1. The maximum Gasteiger partial charge on any atom is 0.191 e. The first-order valence-electron chi connectivity index (χ1n) is 11.6. The molecule has 0 atom stereocenters. The van der Waals surface area contributed by atoms with Crippen LogP contribution in [0.2, 0.25) is 0 Å². The Kier molecular flexibility index (Phi) is 10.3. The van der Waals surface area contributed by atoms with Gasteiger partial charge in [-0.25, -0.2) is 4.99 Å². The normalized spacial score (nSPS) is 18.9. The number of rotatable bonds is 10. The second-order valence-electron chi connectivity index (χ2n) is 7.97. The molecule has 0 saturated carbocycles. The minimum Gasteiger partial charge on any atom is -0.492 e. The van der Waals surface area contributed by atoms with Crippen molar-refractivity contribution in [2.75, 3.05) is 72.2 Å². The van der Waals surface area contributed by atoms with E-state index in [9.17, 15) is 0 Å². The van der Waals surface area contributed by atoms with Gasteiger partial charge in [-0.2, -0.15) is 0 Å². The fourth-order valence-electron chi connectivity index (χ4n) is 3.88. The molecule has 2 saturated heterocycles. The molecule has 0 bridgehead atoms. The monoisotopic (exact) mass is 417 g/mol. The lowest BCUT2D eigenvalue weighted by Crippen LogP contribution is -2.42. The highest BCUT2D eigenvalue weighted by molar-refractivity contribution is 5.79. The number of ether oxygens (including phenoxy) is 2. The number of nitrogens with zero attached hydrogens (tertiary/aromatic N) is 3. The molecule has 0 radical (unpaired) electrons. The molecule has 0 spiro atoms. The van der Waals surface area contributed by atoms with Gasteiger partial charge in [0.1, 0.15) is 12.4 Å². The Morgan fingerprint density at radius 3 is 2.63 bits per heavy atom. The summed E-state index contributed by atoms with van der Waals surface area (Å²) < 4.78 is 11.4. The summed E-state index contributed by atoms with van der Waals surface area (Å²) in [5, 5.41) is 6.82. The van der Waals surface area contributed by atoms with E-state index in [1.54, 1.807) is 0 Å². The molecule has 0 amide bonds. The lowest BCUT2D eigenvalue weighted by Gasteiger charge is -2.26. The Morgan fingerprint density at radius 2 is 1.83 bits per heavy atom. The molecule has 7 heteroatoms. The number of likely N-dealkylation sites (tertiary alicyclic amines) is 1. The quantitative estimate of drug-likeness (QED) is 0.448. The zero-order valence-corrected chi connectivity index (χ0v) is 18.6. The van der Waals surface area contributed by atoms with Crippen LogP contribution in [-0.2, 0) is 11.3 Å². The van der Waals surface area contributed by atoms with Gasteiger partial charge in [0.15, 0.2) is 5.96 Å². The van der Waals surface area contributed by atoms with E-state index in [1.807, 2.05) is 12.1 Å². The number of hydrogen-bond donors (Lipinski definition) is 2. The molecule has 2 heterocycles. The predicted molar refractivity (Wildman–Crippen MR) is 122 cm³/mol. The zero-order valence-electron chi connectivity index (χ0n) is 18.6. The van der Waals surface area contributed by atoms with Crippen molar-refractivity contribution in [3.8, 4) is 5.75 Å². The lowest BCUT2D eigenvalue weighted by molar-refractivity contribution is 0.0322. The van der Waals surface area contributed by atoms with E-state index in [1.165, 1.54) is 32.4 Å².